The second-order valence-corrected chi connectivity index (χ2v) is 9.66. The van der Waals surface area contributed by atoms with E-state index in [0.717, 1.165) is 33.2 Å². The summed E-state index contributed by atoms with van der Waals surface area (Å²) in [5.41, 5.74) is 6.34. The Morgan fingerprint density at radius 2 is 1.62 bits per heavy atom. The summed E-state index contributed by atoms with van der Waals surface area (Å²) in [6, 6.07) is 29.7. The van der Waals surface area contributed by atoms with Crippen LogP contribution in [0, 0.1) is 0 Å². The first-order valence-electron chi connectivity index (χ1n) is 12.9. The average Bonchev–Trinajstić information content (AvgIpc) is 3.39. The minimum Gasteiger partial charge on any atom is -0.478 e. The van der Waals surface area contributed by atoms with E-state index in [2.05, 4.69) is 26.7 Å². The van der Waals surface area contributed by atoms with Crippen LogP contribution in [-0.4, -0.2) is 37.0 Å². The quantitative estimate of drug-likeness (QED) is 0.268. The number of nitrogens with zero attached hydrogens (tertiary/aromatic N) is 4. The molecule has 0 aliphatic rings. The van der Waals surface area contributed by atoms with Crippen LogP contribution in [0.15, 0.2) is 103 Å². The van der Waals surface area contributed by atoms with E-state index >= 15 is 0 Å². The second-order valence-electron chi connectivity index (χ2n) is 9.66. The number of hydrogen-bond acceptors (Lipinski definition) is 5. The van der Waals surface area contributed by atoms with Crippen LogP contribution in [-0.2, 0) is 6.54 Å². The van der Waals surface area contributed by atoms with Crippen molar-refractivity contribution in [3.05, 3.63) is 126 Å². The van der Waals surface area contributed by atoms with Gasteiger partial charge in [-0.15, -0.1) is 5.10 Å². The van der Waals surface area contributed by atoms with Crippen LogP contribution in [0.2, 0.25) is 0 Å². The lowest BCUT2D eigenvalue weighted by Crippen LogP contribution is -2.27. The predicted molar refractivity (Wildman–Crippen MR) is 153 cm³/mol. The summed E-state index contributed by atoms with van der Waals surface area (Å²) in [6.45, 7) is 2.26. The van der Waals surface area contributed by atoms with Crippen LogP contribution in [0.5, 0.6) is 0 Å². The second kappa shape index (κ2) is 10.4. The van der Waals surface area contributed by atoms with Gasteiger partial charge in [0, 0.05) is 11.6 Å². The number of pyridine rings is 1. The maximum Gasteiger partial charge on any atom is 0.335 e. The molecule has 0 bridgehead atoms. The smallest absolute Gasteiger partial charge is 0.335 e. The highest BCUT2D eigenvalue weighted by Crippen LogP contribution is 2.28. The van der Waals surface area contributed by atoms with Gasteiger partial charge in [0.1, 0.15) is 11.0 Å². The fourth-order valence-corrected chi connectivity index (χ4v) is 4.84. The summed E-state index contributed by atoms with van der Waals surface area (Å²) < 4.78 is 1.73. The number of carboxylic acids is 1. The van der Waals surface area contributed by atoms with Crippen molar-refractivity contribution in [1.29, 1.82) is 0 Å². The van der Waals surface area contributed by atoms with E-state index in [1.807, 2.05) is 79.9 Å². The number of fused-ring (bicyclic) bond motifs is 2. The van der Waals surface area contributed by atoms with Crippen LogP contribution in [0.25, 0.3) is 33.1 Å². The molecule has 196 valence electrons. The highest BCUT2D eigenvalue weighted by atomic mass is 16.4. The molecule has 0 fully saturated rings. The molecule has 4 aromatic carbocycles. The number of aromatic nitrogens is 4. The van der Waals surface area contributed by atoms with Gasteiger partial charge in [0.05, 0.1) is 29.2 Å². The van der Waals surface area contributed by atoms with Crippen molar-refractivity contribution in [1.82, 2.24) is 25.3 Å². The van der Waals surface area contributed by atoms with E-state index in [-0.39, 0.29) is 17.5 Å². The minimum atomic E-state index is -0.995. The molecule has 40 heavy (non-hydrogen) atoms. The Morgan fingerprint density at radius 3 is 2.40 bits per heavy atom. The number of benzene rings is 4. The van der Waals surface area contributed by atoms with Gasteiger partial charge in [-0.05, 0) is 65.6 Å². The number of aromatic carboxylic acids is 1. The fraction of sp³-hybridized carbons (Fsp3) is 0.0938. The molecule has 6 aromatic rings. The molecule has 8 heteroatoms. The third-order valence-electron chi connectivity index (χ3n) is 6.94. The lowest BCUT2D eigenvalue weighted by Gasteiger charge is -2.16. The summed E-state index contributed by atoms with van der Waals surface area (Å²) in [5, 5.41) is 22.1. The zero-order valence-corrected chi connectivity index (χ0v) is 21.7. The molecule has 8 nitrogen and oxygen atoms in total. The summed E-state index contributed by atoms with van der Waals surface area (Å²) >= 11 is 0. The van der Waals surface area contributed by atoms with E-state index < -0.39 is 5.97 Å². The first-order chi connectivity index (χ1) is 19.5. The molecule has 1 amide bonds. The molecule has 0 unspecified atom stereocenters. The van der Waals surface area contributed by atoms with Crippen molar-refractivity contribution < 1.29 is 14.7 Å². The fourth-order valence-electron chi connectivity index (χ4n) is 4.84. The lowest BCUT2D eigenvalue weighted by atomic mass is 10.0. The summed E-state index contributed by atoms with van der Waals surface area (Å²) in [5.74, 6) is -1.27. The van der Waals surface area contributed by atoms with Crippen LogP contribution >= 0.6 is 0 Å². The van der Waals surface area contributed by atoms with Gasteiger partial charge in [0.25, 0.3) is 5.91 Å². The van der Waals surface area contributed by atoms with Gasteiger partial charge in [-0.2, -0.15) is 0 Å². The largest absolute Gasteiger partial charge is 0.478 e. The molecule has 0 saturated heterocycles. The van der Waals surface area contributed by atoms with E-state index in [0.29, 0.717) is 23.1 Å². The van der Waals surface area contributed by atoms with Crippen LogP contribution in [0.1, 0.15) is 44.8 Å². The number of hydrogen-bond donors (Lipinski definition) is 2. The zero-order valence-electron chi connectivity index (χ0n) is 21.7. The van der Waals surface area contributed by atoms with Gasteiger partial charge in [-0.3, -0.25) is 9.78 Å². The lowest BCUT2D eigenvalue weighted by molar-refractivity contribution is 0.0696. The van der Waals surface area contributed by atoms with E-state index in [4.69, 9.17) is 0 Å². The first kappa shape index (κ1) is 24.9. The third-order valence-corrected chi connectivity index (χ3v) is 6.94. The number of amides is 1. The van der Waals surface area contributed by atoms with Crippen molar-refractivity contribution in [3.8, 4) is 11.1 Å². The van der Waals surface area contributed by atoms with Crippen LogP contribution in [0.3, 0.4) is 0 Å². The Hall–Kier alpha value is -5.37. The van der Waals surface area contributed by atoms with Gasteiger partial charge >= 0.3 is 5.97 Å². The highest BCUT2D eigenvalue weighted by Gasteiger charge is 2.21. The molecule has 0 spiro atoms. The van der Waals surface area contributed by atoms with Gasteiger partial charge in [-0.25, -0.2) is 9.48 Å². The first-order valence-corrected chi connectivity index (χ1v) is 12.9. The van der Waals surface area contributed by atoms with E-state index in [1.54, 1.807) is 16.8 Å². The Balaban J connectivity index is 1.39. The third kappa shape index (κ3) is 4.90. The van der Waals surface area contributed by atoms with Gasteiger partial charge < -0.3 is 10.4 Å². The summed E-state index contributed by atoms with van der Waals surface area (Å²) in [4.78, 5) is 29.6. The molecule has 0 aliphatic heterocycles. The maximum atomic E-state index is 13.8. The van der Waals surface area contributed by atoms with Gasteiger partial charge in [-0.1, -0.05) is 65.9 Å². The molecular formula is C32H25N5O3. The van der Waals surface area contributed by atoms with Gasteiger partial charge in [0.2, 0.25) is 0 Å². The summed E-state index contributed by atoms with van der Waals surface area (Å²) in [7, 11) is 0. The zero-order chi connectivity index (χ0) is 27.6. The number of para-hydroxylation sites is 1. The molecule has 2 N–H and O–H groups in total. The molecule has 0 aliphatic carbocycles. The SMILES string of the molecule is C[C@H](NC(=O)c1cc(-c2ccccc2)cc2nnn(Cc3cnc4ccccc4c3)c12)c1ccc(C(=O)O)cc1. The highest BCUT2D eigenvalue weighted by molar-refractivity contribution is 6.06. The molecule has 1 atom stereocenters. The van der Waals surface area contributed by atoms with E-state index in [1.165, 1.54) is 12.1 Å². The Labute approximate surface area is 229 Å². The van der Waals surface area contributed by atoms with Crippen LogP contribution < -0.4 is 5.32 Å². The topological polar surface area (TPSA) is 110 Å². The van der Waals surface area contributed by atoms with Crippen molar-refractivity contribution >= 4 is 33.8 Å². The number of rotatable bonds is 7. The van der Waals surface area contributed by atoms with Crippen molar-refractivity contribution in [3.63, 3.8) is 0 Å². The Morgan fingerprint density at radius 1 is 0.875 bits per heavy atom. The van der Waals surface area contributed by atoms with E-state index in [9.17, 15) is 14.7 Å². The molecule has 2 aromatic heterocycles. The Bertz CT molecular complexity index is 1860. The number of nitrogens with one attached hydrogen (secondary N) is 1. The van der Waals surface area contributed by atoms with Crippen molar-refractivity contribution in [2.45, 2.75) is 19.5 Å². The summed E-state index contributed by atoms with van der Waals surface area (Å²) in [6.07, 6.45) is 1.82. The maximum absolute atomic E-state index is 13.8. The molecular weight excluding hydrogens is 502 g/mol. The molecule has 0 radical (unpaired) electrons. The van der Waals surface area contributed by atoms with Gasteiger partial charge in [0.15, 0.2) is 0 Å². The molecule has 2 heterocycles. The Kier molecular flexibility index (Phi) is 6.49. The number of carbonyl (C=O) groups is 2. The number of carbonyl (C=O) groups excluding carboxylic acids is 1. The van der Waals surface area contributed by atoms with Crippen LogP contribution in [0.4, 0.5) is 0 Å². The minimum absolute atomic E-state index is 0.192. The molecule has 6 rings (SSSR count). The normalized spacial score (nSPS) is 11.9. The monoisotopic (exact) mass is 527 g/mol. The average molecular weight is 528 g/mol. The predicted octanol–water partition coefficient (Wildman–Crippen LogP) is 5.88. The van der Waals surface area contributed by atoms with Crippen molar-refractivity contribution in [2.75, 3.05) is 0 Å². The standard InChI is InChI=1S/C32H25N5O3/c1-20(22-11-13-24(14-12-22)32(39)40)34-31(38)27-16-26(23-7-3-2-4-8-23)17-29-30(27)37(36-35-29)19-21-15-25-9-5-6-10-28(25)33-18-21/h2-18,20H,19H2,1H3,(H,34,38)(H,39,40)/t20-/m0/s1. The number of carboxylic acid groups (broad SMARTS) is 1. The molecule has 0 saturated carbocycles. The van der Waals surface area contributed by atoms with Crippen molar-refractivity contribution in [2.24, 2.45) is 0 Å².